The fourth-order valence-corrected chi connectivity index (χ4v) is 2.77. The minimum atomic E-state index is -4.63. The maximum Gasteiger partial charge on any atom is 0.417 e. The second kappa shape index (κ2) is 6.91. The summed E-state index contributed by atoms with van der Waals surface area (Å²) in [5.41, 5.74) is -0.324. The van der Waals surface area contributed by atoms with Gasteiger partial charge in [-0.1, -0.05) is 29.8 Å². The number of amides is 1. The number of rotatable bonds is 4. The highest BCUT2D eigenvalue weighted by Gasteiger charge is 2.54. The summed E-state index contributed by atoms with van der Waals surface area (Å²) in [6, 6.07) is 8.06. The van der Waals surface area contributed by atoms with Crippen molar-refractivity contribution in [2.24, 2.45) is 0 Å². The third kappa shape index (κ3) is 4.47. The van der Waals surface area contributed by atoms with Gasteiger partial charge in [-0.05, 0) is 25.3 Å². The van der Waals surface area contributed by atoms with Gasteiger partial charge in [-0.3, -0.25) is 4.79 Å². The van der Waals surface area contributed by atoms with Gasteiger partial charge in [0, 0.05) is 32.4 Å². The summed E-state index contributed by atoms with van der Waals surface area (Å²) in [6.07, 6.45) is -3.76. The van der Waals surface area contributed by atoms with E-state index in [2.05, 4.69) is 0 Å². The van der Waals surface area contributed by atoms with Gasteiger partial charge < -0.3 is 10.0 Å². The molecule has 0 atom stereocenters. The molecule has 1 fully saturated rings. The van der Waals surface area contributed by atoms with Crippen molar-refractivity contribution in [3.63, 3.8) is 0 Å². The Kier molecular flexibility index (Phi) is 5.34. The number of carbonyl (C=O) groups excluding carboxylic acids is 1. The molecule has 0 bridgehead atoms. The van der Waals surface area contributed by atoms with Crippen molar-refractivity contribution in [2.75, 3.05) is 13.1 Å². The van der Waals surface area contributed by atoms with Crippen LogP contribution >= 0.6 is 0 Å². The number of hydrogen-bond donors (Lipinski definition) is 1. The van der Waals surface area contributed by atoms with Crippen LogP contribution < -0.4 is 0 Å². The summed E-state index contributed by atoms with van der Waals surface area (Å²) in [5.74, 6) is -0.138. The van der Waals surface area contributed by atoms with Crippen LogP contribution in [-0.2, 0) is 11.2 Å². The Morgan fingerprint density at radius 1 is 1.22 bits per heavy atom. The van der Waals surface area contributed by atoms with Gasteiger partial charge in [-0.25, -0.2) is 0 Å². The van der Waals surface area contributed by atoms with Crippen molar-refractivity contribution in [3.8, 4) is 0 Å². The van der Waals surface area contributed by atoms with Crippen LogP contribution in [0.3, 0.4) is 0 Å². The highest BCUT2D eigenvalue weighted by atomic mass is 19.4. The molecule has 23 heavy (non-hydrogen) atoms. The maximum atomic E-state index is 12.7. The molecular weight excluding hydrogens is 307 g/mol. The summed E-state index contributed by atoms with van der Waals surface area (Å²) in [4.78, 5) is 13.5. The zero-order valence-corrected chi connectivity index (χ0v) is 13.2. The summed E-state index contributed by atoms with van der Waals surface area (Å²) in [5, 5.41) is 9.59. The second-order valence-electron chi connectivity index (χ2n) is 6.25. The highest BCUT2D eigenvalue weighted by Crippen LogP contribution is 2.38. The molecule has 0 spiro atoms. The van der Waals surface area contributed by atoms with Gasteiger partial charge in [-0.2, -0.15) is 13.2 Å². The molecule has 0 aliphatic carbocycles. The van der Waals surface area contributed by atoms with E-state index in [1.807, 2.05) is 31.2 Å². The first-order valence-corrected chi connectivity index (χ1v) is 7.84. The molecule has 0 unspecified atom stereocenters. The van der Waals surface area contributed by atoms with E-state index in [1.54, 1.807) is 0 Å². The number of halogens is 3. The van der Waals surface area contributed by atoms with Crippen LogP contribution in [0.15, 0.2) is 24.3 Å². The zero-order valence-electron chi connectivity index (χ0n) is 13.2. The Morgan fingerprint density at radius 3 is 2.30 bits per heavy atom. The topological polar surface area (TPSA) is 40.5 Å². The Labute approximate surface area is 134 Å². The van der Waals surface area contributed by atoms with E-state index in [-0.39, 0.29) is 19.0 Å². The van der Waals surface area contributed by atoms with Crippen LogP contribution in [-0.4, -0.2) is 40.8 Å². The van der Waals surface area contributed by atoms with Crippen molar-refractivity contribution in [2.45, 2.75) is 50.8 Å². The van der Waals surface area contributed by atoms with Crippen molar-refractivity contribution >= 4 is 5.91 Å². The van der Waals surface area contributed by atoms with Gasteiger partial charge in [0.15, 0.2) is 5.60 Å². The molecule has 1 amide bonds. The number of carbonyl (C=O) groups is 1. The minimum absolute atomic E-state index is 0.0423. The van der Waals surface area contributed by atoms with Crippen LogP contribution in [0.1, 0.15) is 36.8 Å². The molecule has 2 rings (SSSR count). The predicted molar refractivity (Wildman–Crippen MR) is 80.9 cm³/mol. The van der Waals surface area contributed by atoms with E-state index in [9.17, 15) is 23.1 Å². The van der Waals surface area contributed by atoms with E-state index in [4.69, 9.17) is 0 Å². The summed E-state index contributed by atoms with van der Waals surface area (Å²) < 4.78 is 38.2. The third-order valence-electron chi connectivity index (χ3n) is 4.45. The molecule has 1 aliphatic rings. The SMILES string of the molecule is Cc1ccc(CCCC(=O)N2CCC(O)(C(F)(F)F)CC2)cc1. The number of aliphatic hydroxyl groups is 1. The molecule has 6 heteroatoms. The van der Waals surface area contributed by atoms with Crippen molar-refractivity contribution in [1.82, 2.24) is 4.90 Å². The number of nitrogens with zero attached hydrogens (tertiary/aromatic N) is 1. The second-order valence-corrected chi connectivity index (χ2v) is 6.25. The third-order valence-corrected chi connectivity index (χ3v) is 4.45. The van der Waals surface area contributed by atoms with Gasteiger partial charge in [-0.15, -0.1) is 0 Å². The Bertz CT molecular complexity index is 532. The quantitative estimate of drug-likeness (QED) is 0.921. The number of alkyl halides is 3. The molecule has 0 aromatic heterocycles. The average molecular weight is 329 g/mol. The lowest BCUT2D eigenvalue weighted by Gasteiger charge is -2.39. The monoisotopic (exact) mass is 329 g/mol. The first kappa shape index (κ1) is 17.8. The molecule has 1 N–H and O–H groups in total. The van der Waals surface area contributed by atoms with E-state index >= 15 is 0 Å². The van der Waals surface area contributed by atoms with Crippen LogP contribution in [0.2, 0.25) is 0 Å². The molecule has 1 saturated heterocycles. The summed E-state index contributed by atoms with van der Waals surface area (Å²) in [6.45, 7) is 1.92. The van der Waals surface area contributed by atoms with Crippen molar-refractivity contribution in [3.05, 3.63) is 35.4 Å². The first-order valence-electron chi connectivity index (χ1n) is 7.84. The van der Waals surface area contributed by atoms with Crippen LogP contribution in [0.4, 0.5) is 13.2 Å². The molecule has 1 aromatic rings. The van der Waals surface area contributed by atoms with Gasteiger partial charge >= 0.3 is 6.18 Å². The molecule has 3 nitrogen and oxygen atoms in total. The van der Waals surface area contributed by atoms with Crippen molar-refractivity contribution < 1.29 is 23.1 Å². The lowest BCUT2D eigenvalue weighted by Crippen LogP contribution is -2.54. The Morgan fingerprint density at radius 2 is 1.78 bits per heavy atom. The molecular formula is C17H22F3NO2. The molecule has 0 saturated carbocycles. The Balaban J connectivity index is 1.76. The lowest BCUT2D eigenvalue weighted by atomic mass is 9.90. The van der Waals surface area contributed by atoms with Gasteiger partial charge in [0.2, 0.25) is 5.91 Å². The molecule has 1 aliphatic heterocycles. The number of benzene rings is 1. The van der Waals surface area contributed by atoms with Gasteiger partial charge in [0.1, 0.15) is 0 Å². The number of piperidine rings is 1. The first-order chi connectivity index (χ1) is 10.7. The summed E-state index contributed by atoms with van der Waals surface area (Å²) in [7, 11) is 0. The maximum absolute atomic E-state index is 12.7. The number of hydrogen-bond acceptors (Lipinski definition) is 2. The number of likely N-dealkylation sites (tertiary alicyclic amines) is 1. The minimum Gasteiger partial charge on any atom is -0.380 e. The van der Waals surface area contributed by atoms with Crippen molar-refractivity contribution in [1.29, 1.82) is 0 Å². The molecule has 0 radical (unpaired) electrons. The van der Waals surface area contributed by atoms with Crippen LogP contribution in [0.25, 0.3) is 0 Å². The van der Waals surface area contributed by atoms with E-state index < -0.39 is 24.6 Å². The van der Waals surface area contributed by atoms with Crippen LogP contribution in [0, 0.1) is 6.92 Å². The summed E-state index contributed by atoms with van der Waals surface area (Å²) >= 11 is 0. The Hall–Kier alpha value is -1.56. The number of aryl methyl sites for hydroxylation is 2. The smallest absolute Gasteiger partial charge is 0.380 e. The van der Waals surface area contributed by atoms with Gasteiger partial charge in [0.25, 0.3) is 0 Å². The largest absolute Gasteiger partial charge is 0.417 e. The normalized spacial score (nSPS) is 18.0. The average Bonchev–Trinajstić information content (AvgIpc) is 2.49. The molecule has 128 valence electrons. The predicted octanol–water partition coefficient (Wildman–Crippen LogP) is 3.23. The fraction of sp³-hybridized carbons (Fsp3) is 0.588. The zero-order chi connectivity index (χ0) is 17.1. The van der Waals surface area contributed by atoms with Crippen LogP contribution in [0.5, 0.6) is 0 Å². The van der Waals surface area contributed by atoms with E-state index in [0.717, 1.165) is 12.0 Å². The lowest BCUT2D eigenvalue weighted by molar-refractivity contribution is -0.272. The van der Waals surface area contributed by atoms with Gasteiger partial charge in [0.05, 0.1) is 0 Å². The molecule has 1 heterocycles. The molecule has 1 aromatic carbocycles. The van der Waals surface area contributed by atoms with E-state index in [0.29, 0.717) is 12.8 Å². The van der Waals surface area contributed by atoms with E-state index in [1.165, 1.54) is 10.5 Å². The standard InChI is InChI=1S/C17H22F3NO2/c1-13-5-7-14(8-6-13)3-2-4-15(22)21-11-9-16(23,10-12-21)17(18,19)20/h5-8,23H,2-4,9-12H2,1H3. The fourth-order valence-electron chi connectivity index (χ4n) is 2.77. The highest BCUT2D eigenvalue weighted by molar-refractivity contribution is 5.76.